The van der Waals surface area contributed by atoms with Crippen LogP contribution in [0.2, 0.25) is 13.1 Å². The predicted molar refractivity (Wildman–Crippen MR) is 72.7 cm³/mol. The highest BCUT2D eigenvalue weighted by molar-refractivity contribution is 6.26. The van der Waals surface area contributed by atoms with Gasteiger partial charge in [-0.05, 0) is 6.42 Å². The van der Waals surface area contributed by atoms with E-state index in [1.165, 1.54) is 25.7 Å². The molecule has 0 atom stereocenters. The summed E-state index contributed by atoms with van der Waals surface area (Å²) in [6, 6.07) is 0. The zero-order chi connectivity index (χ0) is 11.7. The normalized spacial score (nSPS) is 15.8. The lowest BCUT2D eigenvalue weighted by molar-refractivity contribution is -0.0827. The van der Waals surface area contributed by atoms with Crippen LogP contribution in [0.5, 0.6) is 0 Å². The summed E-state index contributed by atoms with van der Waals surface area (Å²) in [5.74, 6) is 0. The minimum atomic E-state index is -0.365. The van der Waals surface area contributed by atoms with E-state index in [2.05, 4.69) is 33.9 Å². The van der Waals surface area contributed by atoms with Gasteiger partial charge >= 0.3 is 0 Å². The molecule has 0 amide bonds. The lowest BCUT2D eigenvalue weighted by atomic mass is 9.86. The molecular weight excluding hydrogens is 220 g/mol. The van der Waals surface area contributed by atoms with Crippen molar-refractivity contribution in [2.75, 3.05) is 0 Å². The fourth-order valence-electron chi connectivity index (χ4n) is 1.75. The molecule has 0 aliphatic rings. The van der Waals surface area contributed by atoms with E-state index >= 15 is 0 Å². The molecular formula is C11H28O2Si2. The van der Waals surface area contributed by atoms with Crippen molar-refractivity contribution in [1.82, 2.24) is 0 Å². The van der Waals surface area contributed by atoms with Gasteiger partial charge in [-0.25, -0.2) is 0 Å². The Bertz CT molecular complexity index is 146. The van der Waals surface area contributed by atoms with Crippen LogP contribution >= 0.6 is 0 Å². The van der Waals surface area contributed by atoms with Crippen LogP contribution in [0.3, 0.4) is 0 Å². The third-order valence-corrected chi connectivity index (χ3v) is 3.97. The summed E-state index contributed by atoms with van der Waals surface area (Å²) in [7, 11) is -0.730. The molecule has 0 bridgehead atoms. The van der Waals surface area contributed by atoms with Crippen molar-refractivity contribution in [3.63, 3.8) is 0 Å². The number of hydrogen-bond acceptors (Lipinski definition) is 2. The van der Waals surface area contributed by atoms with E-state index in [0.717, 1.165) is 0 Å². The highest BCUT2D eigenvalue weighted by Crippen LogP contribution is 2.30. The molecule has 0 heterocycles. The van der Waals surface area contributed by atoms with Gasteiger partial charge in [0.1, 0.15) is 6.29 Å². The van der Waals surface area contributed by atoms with E-state index in [-0.39, 0.29) is 31.2 Å². The molecule has 15 heavy (non-hydrogen) atoms. The van der Waals surface area contributed by atoms with E-state index in [1.807, 2.05) is 0 Å². The summed E-state index contributed by atoms with van der Waals surface area (Å²) < 4.78 is 11.7. The molecule has 0 aliphatic carbocycles. The minimum absolute atomic E-state index is 0.0719. The maximum absolute atomic E-state index is 5.83. The topological polar surface area (TPSA) is 18.5 Å². The van der Waals surface area contributed by atoms with Crippen LogP contribution in [-0.2, 0) is 8.85 Å². The van der Waals surface area contributed by atoms with Crippen LogP contribution in [0.15, 0.2) is 0 Å². The van der Waals surface area contributed by atoms with Crippen LogP contribution in [0, 0.1) is 5.41 Å². The van der Waals surface area contributed by atoms with Gasteiger partial charge in [-0.15, -0.1) is 0 Å². The molecule has 0 aromatic carbocycles. The van der Waals surface area contributed by atoms with Crippen molar-refractivity contribution >= 4 is 19.5 Å². The SMILES string of the molecule is CCCCCC(C)(C)C(O[SiH2]C)O[SiH2]C. The standard InChI is InChI=1S/C11H28O2Si2/c1-6-7-8-9-11(2,3)10(12-14-4)13-15-5/h10H,6-9,14-15H2,1-5H3. The van der Waals surface area contributed by atoms with E-state index in [4.69, 9.17) is 8.85 Å². The van der Waals surface area contributed by atoms with Crippen molar-refractivity contribution in [3.8, 4) is 0 Å². The van der Waals surface area contributed by atoms with E-state index in [1.54, 1.807) is 0 Å². The molecule has 2 nitrogen and oxygen atoms in total. The van der Waals surface area contributed by atoms with E-state index < -0.39 is 0 Å². The Labute approximate surface area is 100 Å². The number of unbranched alkanes of at least 4 members (excludes halogenated alkanes) is 2. The first kappa shape index (κ1) is 15.4. The van der Waals surface area contributed by atoms with Crippen LogP contribution < -0.4 is 0 Å². The lowest BCUT2D eigenvalue weighted by Gasteiger charge is -2.34. The quantitative estimate of drug-likeness (QED) is 0.354. The molecule has 4 heteroatoms. The first-order valence-corrected chi connectivity index (χ1v) is 10.3. The Morgan fingerprint density at radius 1 is 1.07 bits per heavy atom. The molecule has 0 saturated heterocycles. The van der Waals surface area contributed by atoms with Crippen LogP contribution in [0.25, 0.3) is 0 Å². The summed E-state index contributed by atoms with van der Waals surface area (Å²) in [6.45, 7) is 11.2. The molecule has 0 aromatic heterocycles. The molecule has 0 aliphatic heterocycles. The second-order valence-electron chi connectivity index (χ2n) is 4.69. The molecule has 92 valence electrons. The van der Waals surface area contributed by atoms with Crippen molar-refractivity contribution in [2.24, 2.45) is 5.41 Å². The van der Waals surface area contributed by atoms with Crippen molar-refractivity contribution in [2.45, 2.75) is 65.8 Å². The monoisotopic (exact) mass is 248 g/mol. The molecule has 0 N–H and O–H groups in total. The van der Waals surface area contributed by atoms with Crippen molar-refractivity contribution < 1.29 is 8.85 Å². The average molecular weight is 249 g/mol. The Balaban J connectivity index is 4.08. The fourth-order valence-corrected chi connectivity index (χ4v) is 3.64. The molecule has 0 rings (SSSR count). The Morgan fingerprint density at radius 2 is 1.60 bits per heavy atom. The second-order valence-corrected chi connectivity index (χ2v) is 6.51. The van der Waals surface area contributed by atoms with Gasteiger partial charge in [-0.2, -0.15) is 0 Å². The van der Waals surface area contributed by atoms with Gasteiger partial charge in [-0.1, -0.05) is 53.1 Å². The van der Waals surface area contributed by atoms with Crippen LogP contribution in [0.4, 0.5) is 0 Å². The number of hydrogen-bond donors (Lipinski definition) is 0. The van der Waals surface area contributed by atoms with E-state index in [9.17, 15) is 0 Å². The van der Waals surface area contributed by atoms with Crippen molar-refractivity contribution in [1.29, 1.82) is 0 Å². The highest BCUT2D eigenvalue weighted by Gasteiger charge is 2.29. The molecule has 0 saturated carbocycles. The van der Waals surface area contributed by atoms with Crippen molar-refractivity contribution in [3.05, 3.63) is 0 Å². The molecule has 0 fully saturated rings. The maximum atomic E-state index is 5.83. The Morgan fingerprint density at radius 3 is 2.00 bits per heavy atom. The Kier molecular flexibility index (Phi) is 8.70. The van der Waals surface area contributed by atoms with Crippen LogP contribution in [-0.4, -0.2) is 25.8 Å². The van der Waals surface area contributed by atoms with E-state index in [0.29, 0.717) is 0 Å². The van der Waals surface area contributed by atoms with Gasteiger partial charge in [0.2, 0.25) is 0 Å². The zero-order valence-electron chi connectivity index (χ0n) is 11.1. The first-order valence-electron chi connectivity index (χ1n) is 6.31. The Hall–Kier alpha value is 0.354. The lowest BCUT2D eigenvalue weighted by Crippen LogP contribution is -2.36. The van der Waals surface area contributed by atoms with Gasteiger partial charge in [-0.3, -0.25) is 0 Å². The summed E-state index contributed by atoms with van der Waals surface area (Å²) >= 11 is 0. The maximum Gasteiger partial charge on any atom is 0.161 e. The van der Waals surface area contributed by atoms with Gasteiger partial charge in [0.15, 0.2) is 19.5 Å². The number of rotatable bonds is 9. The fraction of sp³-hybridized carbons (Fsp3) is 1.00. The predicted octanol–water partition coefficient (Wildman–Crippen LogP) is 2.22. The second kappa shape index (κ2) is 8.50. The summed E-state index contributed by atoms with van der Waals surface area (Å²) in [6.07, 6.45) is 5.19. The summed E-state index contributed by atoms with van der Waals surface area (Å²) in [4.78, 5) is 0. The third kappa shape index (κ3) is 6.50. The molecule has 0 spiro atoms. The summed E-state index contributed by atoms with van der Waals surface area (Å²) in [5, 5.41) is 0. The average Bonchev–Trinajstić information content (AvgIpc) is 2.18. The smallest absolute Gasteiger partial charge is 0.161 e. The highest BCUT2D eigenvalue weighted by atomic mass is 28.2. The zero-order valence-corrected chi connectivity index (χ0v) is 14.0. The van der Waals surface area contributed by atoms with Crippen LogP contribution in [0.1, 0.15) is 46.5 Å². The van der Waals surface area contributed by atoms with Gasteiger partial charge < -0.3 is 8.85 Å². The van der Waals surface area contributed by atoms with Gasteiger partial charge in [0, 0.05) is 5.41 Å². The summed E-state index contributed by atoms with van der Waals surface area (Å²) in [5.41, 5.74) is 0.196. The first-order chi connectivity index (χ1) is 7.08. The molecule has 0 unspecified atom stereocenters. The molecule has 0 aromatic rings. The molecule has 0 radical (unpaired) electrons. The minimum Gasteiger partial charge on any atom is -0.400 e. The third-order valence-electron chi connectivity index (χ3n) is 2.70. The van der Waals surface area contributed by atoms with Gasteiger partial charge in [0.05, 0.1) is 0 Å². The van der Waals surface area contributed by atoms with Gasteiger partial charge in [0.25, 0.3) is 0 Å². The largest absolute Gasteiger partial charge is 0.400 e.